The first kappa shape index (κ1) is 12.3. The number of hydrogen-bond donors (Lipinski definition) is 2. The number of nitrogens with one attached hydrogen (secondary N) is 2. The van der Waals surface area contributed by atoms with Gasteiger partial charge in [-0.2, -0.15) is 13.2 Å². The molecule has 2 N–H and O–H groups in total. The molecule has 1 saturated carbocycles. The zero-order valence-corrected chi connectivity index (χ0v) is 8.36. The third kappa shape index (κ3) is 7.18. The number of rotatable bonds is 6. The lowest BCUT2D eigenvalue weighted by Gasteiger charge is -2.07. The van der Waals surface area contributed by atoms with Crippen molar-refractivity contribution in [2.75, 3.05) is 13.1 Å². The van der Waals surface area contributed by atoms with Crippen LogP contribution in [0, 0.1) is 0 Å². The summed E-state index contributed by atoms with van der Waals surface area (Å²) in [6.07, 6.45) is -2.86. The summed E-state index contributed by atoms with van der Waals surface area (Å²) in [5.74, 6) is -0.135. The van der Waals surface area contributed by atoms with E-state index in [9.17, 15) is 18.0 Å². The number of amides is 1. The molecule has 15 heavy (non-hydrogen) atoms. The Morgan fingerprint density at radius 1 is 1.33 bits per heavy atom. The molecule has 0 unspecified atom stereocenters. The fourth-order valence-electron chi connectivity index (χ4n) is 1.12. The van der Waals surface area contributed by atoms with Crippen molar-refractivity contribution in [2.24, 2.45) is 0 Å². The smallest absolute Gasteiger partial charge is 0.352 e. The lowest BCUT2D eigenvalue weighted by atomic mass is 10.3. The summed E-state index contributed by atoms with van der Waals surface area (Å²) in [5.41, 5.74) is 0. The van der Waals surface area contributed by atoms with Crippen molar-refractivity contribution in [1.29, 1.82) is 0 Å². The Bertz CT molecular complexity index is 214. The molecule has 0 bridgehead atoms. The van der Waals surface area contributed by atoms with Crippen LogP contribution in [0.3, 0.4) is 0 Å². The molecule has 88 valence electrons. The molecule has 0 aromatic heterocycles. The fraction of sp³-hybridized carbons (Fsp3) is 0.889. The van der Waals surface area contributed by atoms with Crippen LogP contribution >= 0.6 is 0 Å². The van der Waals surface area contributed by atoms with Gasteiger partial charge >= 0.3 is 6.18 Å². The summed E-state index contributed by atoms with van der Waals surface area (Å²) in [6, 6.07) is 0.300. The lowest BCUT2D eigenvalue weighted by Crippen LogP contribution is -2.35. The number of alkyl halides is 3. The van der Waals surface area contributed by atoms with E-state index in [1.807, 2.05) is 0 Å². The van der Waals surface area contributed by atoms with Gasteiger partial charge < -0.3 is 10.6 Å². The average Bonchev–Trinajstić information content (AvgIpc) is 2.85. The van der Waals surface area contributed by atoms with E-state index in [0.717, 1.165) is 12.8 Å². The first-order valence-electron chi connectivity index (χ1n) is 5.04. The summed E-state index contributed by atoms with van der Waals surface area (Å²) in [6.45, 7) is 0.325. The van der Waals surface area contributed by atoms with Crippen molar-refractivity contribution in [3.05, 3.63) is 0 Å². The highest BCUT2D eigenvalue weighted by Crippen LogP contribution is 2.20. The van der Waals surface area contributed by atoms with Crippen LogP contribution in [0.4, 0.5) is 13.2 Å². The zero-order chi connectivity index (χ0) is 11.3. The van der Waals surface area contributed by atoms with E-state index < -0.39 is 12.6 Å². The topological polar surface area (TPSA) is 41.1 Å². The number of halogens is 3. The molecule has 1 rings (SSSR count). The molecule has 0 aromatic rings. The van der Waals surface area contributed by atoms with Gasteiger partial charge in [-0.1, -0.05) is 0 Å². The first-order valence-corrected chi connectivity index (χ1v) is 5.04. The predicted octanol–water partition coefficient (Wildman–Crippen LogP) is 1.20. The van der Waals surface area contributed by atoms with Gasteiger partial charge in [0.1, 0.15) is 0 Å². The Labute approximate surface area is 86.4 Å². The van der Waals surface area contributed by atoms with Gasteiger partial charge in [-0.15, -0.1) is 0 Å². The molecular formula is C9H15F3N2O. The summed E-state index contributed by atoms with van der Waals surface area (Å²) in [5, 5.41) is 5.42. The normalized spacial score (nSPS) is 16.5. The Morgan fingerprint density at radius 2 is 2.00 bits per heavy atom. The van der Waals surface area contributed by atoms with Crippen molar-refractivity contribution in [1.82, 2.24) is 10.6 Å². The van der Waals surface area contributed by atoms with Gasteiger partial charge in [0, 0.05) is 12.5 Å². The SMILES string of the molecule is O=C(CNCCCC(F)(F)F)NC1CC1. The number of carbonyl (C=O) groups excluding carboxylic acids is 1. The minimum Gasteiger partial charge on any atom is -0.352 e. The average molecular weight is 224 g/mol. The molecule has 6 heteroatoms. The monoisotopic (exact) mass is 224 g/mol. The number of carbonyl (C=O) groups is 1. The molecule has 1 aliphatic rings. The molecule has 1 fully saturated rings. The van der Waals surface area contributed by atoms with E-state index in [-0.39, 0.29) is 25.4 Å². The maximum atomic E-state index is 11.7. The van der Waals surface area contributed by atoms with E-state index in [0.29, 0.717) is 6.04 Å². The van der Waals surface area contributed by atoms with Gasteiger partial charge in [0.15, 0.2) is 0 Å². The van der Waals surface area contributed by atoms with Crippen LogP contribution < -0.4 is 10.6 Å². The first-order chi connectivity index (χ1) is 6.97. The zero-order valence-electron chi connectivity index (χ0n) is 8.36. The van der Waals surface area contributed by atoms with Crippen LogP contribution in [0.5, 0.6) is 0 Å². The maximum absolute atomic E-state index is 11.7. The van der Waals surface area contributed by atoms with E-state index in [2.05, 4.69) is 10.6 Å². The third-order valence-corrected chi connectivity index (χ3v) is 2.04. The highest BCUT2D eigenvalue weighted by Gasteiger charge is 2.26. The van der Waals surface area contributed by atoms with Crippen molar-refractivity contribution in [2.45, 2.75) is 37.9 Å². The summed E-state index contributed by atoms with van der Waals surface area (Å²) >= 11 is 0. The Kier molecular flexibility index (Phi) is 4.38. The Balaban J connectivity index is 1.89. The van der Waals surface area contributed by atoms with E-state index in [1.165, 1.54) is 0 Å². The molecule has 0 aliphatic heterocycles. The molecular weight excluding hydrogens is 209 g/mol. The maximum Gasteiger partial charge on any atom is 0.389 e. The van der Waals surface area contributed by atoms with E-state index >= 15 is 0 Å². The second-order valence-corrected chi connectivity index (χ2v) is 3.74. The van der Waals surface area contributed by atoms with Crippen LogP contribution in [-0.2, 0) is 4.79 Å². The Hall–Kier alpha value is -0.780. The third-order valence-electron chi connectivity index (χ3n) is 2.04. The van der Waals surface area contributed by atoms with Crippen LogP contribution in [0.1, 0.15) is 25.7 Å². The van der Waals surface area contributed by atoms with Crippen molar-refractivity contribution >= 4 is 5.91 Å². The largest absolute Gasteiger partial charge is 0.389 e. The fourth-order valence-corrected chi connectivity index (χ4v) is 1.12. The van der Waals surface area contributed by atoms with Crippen LogP contribution in [-0.4, -0.2) is 31.2 Å². The van der Waals surface area contributed by atoms with Gasteiger partial charge in [-0.05, 0) is 25.8 Å². The molecule has 1 aliphatic carbocycles. The lowest BCUT2D eigenvalue weighted by molar-refractivity contribution is -0.135. The van der Waals surface area contributed by atoms with Crippen LogP contribution in [0.15, 0.2) is 0 Å². The molecule has 0 spiro atoms. The Morgan fingerprint density at radius 3 is 2.53 bits per heavy atom. The van der Waals surface area contributed by atoms with Gasteiger partial charge in [0.2, 0.25) is 5.91 Å². The second kappa shape index (κ2) is 5.34. The predicted molar refractivity (Wildman–Crippen MR) is 49.3 cm³/mol. The van der Waals surface area contributed by atoms with Gasteiger partial charge in [0.05, 0.1) is 6.54 Å². The summed E-state index contributed by atoms with van der Waals surface area (Å²) in [7, 11) is 0. The molecule has 0 radical (unpaired) electrons. The molecule has 0 saturated heterocycles. The molecule has 0 heterocycles. The summed E-state index contributed by atoms with van der Waals surface area (Å²) < 4.78 is 35.1. The van der Waals surface area contributed by atoms with Crippen molar-refractivity contribution in [3.63, 3.8) is 0 Å². The minimum atomic E-state index is -4.10. The van der Waals surface area contributed by atoms with Gasteiger partial charge in [-0.25, -0.2) is 0 Å². The van der Waals surface area contributed by atoms with Gasteiger partial charge in [0.25, 0.3) is 0 Å². The van der Waals surface area contributed by atoms with E-state index in [4.69, 9.17) is 0 Å². The highest BCUT2D eigenvalue weighted by molar-refractivity contribution is 5.78. The number of hydrogen-bond acceptors (Lipinski definition) is 2. The summed E-state index contributed by atoms with van der Waals surface area (Å²) in [4.78, 5) is 11.1. The molecule has 3 nitrogen and oxygen atoms in total. The van der Waals surface area contributed by atoms with E-state index in [1.54, 1.807) is 0 Å². The standard InChI is InChI=1S/C9H15F3N2O/c10-9(11,12)4-1-5-13-6-8(15)14-7-2-3-7/h7,13H,1-6H2,(H,14,15). The molecule has 0 atom stereocenters. The van der Waals surface area contributed by atoms with Gasteiger partial charge in [-0.3, -0.25) is 4.79 Å². The second-order valence-electron chi connectivity index (χ2n) is 3.74. The molecule has 0 aromatic carbocycles. The van der Waals surface area contributed by atoms with Crippen LogP contribution in [0.25, 0.3) is 0 Å². The van der Waals surface area contributed by atoms with Crippen molar-refractivity contribution < 1.29 is 18.0 Å². The van der Waals surface area contributed by atoms with Crippen molar-refractivity contribution in [3.8, 4) is 0 Å². The highest BCUT2D eigenvalue weighted by atomic mass is 19.4. The molecule has 1 amide bonds. The quantitative estimate of drug-likeness (QED) is 0.665. The van der Waals surface area contributed by atoms with Crippen LogP contribution in [0.2, 0.25) is 0 Å². The minimum absolute atomic E-state index is 0.0141.